The van der Waals surface area contributed by atoms with Crippen LogP contribution in [0.4, 0.5) is 5.69 Å². The van der Waals surface area contributed by atoms with E-state index in [0.29, 0.717) is 6.54 Å². The molecule has 1 aromatic rings. The first-order chi connectivity index (χ1) is 12.1. The van der Waals surface area contributed by atoms with Gasteiger partial charge in [0.25, 0.3) is 0 Å². The Morgan fingerprint density at radius 2 is 2.08 bits per heavy atom. The van der Waals surface area contributed by atoms with Crippen LogP contribution in [0.2, 0.25) is 0 Å². The number of benzene rings is 1. The number of nitrogens with one attached hydrogen (secondary N) is 2. The highest BCUT2D eigenvalue weighted by Crippen LogP contribution is 2.27. The lowest BCUT2D eigenvalue weighted by molar-refractivity contribution is -0.122. The zero-order valence-corrected chi connectivity index (χ0v) is 18.6. The molecule has 26 heavy (non-hydrogen) atoms. The van der Waals surface area contributed by atoms with E-state index in [1.807, 2.05) is 18.2 Å². The van der Waals surface area contributed by atoms with E-state index < -0.39 is 0 Å². The van der Waals surface area contributed by atoms with Crippen molar-refractivity contribution >= 4 is 41.5 Å². The van der Waals surface area contributed by atoms with E-state index in [-0.39, 0.29) is 35.8 Å². The quantitative estimate of drug-likeness (QED) is 0.338. The number of nitrogens with zero attached hydrogens (tertiary/aromatic N) is 2. The van der Waals surface area contributed by atoms with Gasteiger partial charge in [0.15, 0.2) is 5.96 Å². The molecule has 0 atom stereocenters. The Kier molecular flexibility index (Phi) is 10.6. The Bertz CT molecular complexity index is 587. The van der Waals surface area contributed by atoms with Crippen molar-refractivity contribution < 1.29 is 4.79 Å². The number of unbranched alkanes of at least 4 members (excludes halogenated alkanes) is 1. The minimum Gasteiger partial charge on any atom is -0.357 e. The first kappa shape index (κ1) is 22.7. The number of amides is 1. The average Bonchev–Trinajstić information content (AvgIpc) is 2.55. The summed E-state index contributed by atoms with van der Waals surface area (Å²) in [5, 5.41) is 6.38. The van der Waals surface area contributed by atoms with Gasteiger partial charge in [-0.05, 0) is 43.9 Å². The fourth-order valence-electron chi connectivity index (χ4n) is 2.80. The Morgan fingerprint density at radius 3 is 2.69 bits per heavy atom. The van der Waals surface area contributed by atoms with Gasteiger partial charge in [-0.1, -0.05) is 31.9 Å². The van der Waals surface area contributed by atoms with E-state index in [4.69, 9.17) is 4.99 Å². The second kappa shape index (κ2) is 12.1. The molecular weight excluding hydrogens is 439 g/mol. The molecule has 1 fully saturated rings. The average molecular weight is 472 g/mol. The molecule has 0 aromatic heterocycles. The van der Waals surface area contributed by atoms with Crippen LogP contribution in [0.25, 0.3) is 0 Å². The van der Waals surface area contributed by atoms with Crippen molar-refractivity contribution in [1.82, 2.24) is 10.2 Å². The Balaban J connectivity index is 0.00000338. The molecule has 0 heterocycles. The molecule has 2 rings (SSSR count). The molecule has 6 heteroatoms. The Labute approximate surface area is 175 Å². The number of guanidine groups is 1. The van der Waals surface area contributed by atoms with Crippen LogP contribution in [0, 0.1) is 5.92 Å². The molecule has 5 nitrogen and oxygen atoms in total. The van der Waals surface area contributed by atoms with Crippen molar-refractivity contribution in [2.45, 2.75) is 52.5 Å². The maximum atomic E-state index is 12.1. The third kappa shape index (κ3) is 7.13. The predicted molar refractivity (Wildman–Crippen MR) is 120 cm³/mol. The molecule has 2 N–H and O–H groups in total. The largest absolute Gasteiger partial charge is 0.357 e. The highest BCUT2D eigenvalue weighted by Gasteiger charge is 2.25. The van der Waals surface area contributed by atoms with E-state index in [1.165, 1.54) is 12.8 Å². The fraction of sp³-hybridized carbons (Fsp3) is 0.600. The van der Waals surface area contributed by atoms with Crippen molar-refractivity contribution in [2.24, 2.45) is 10.9 Å². The van der Waals surface area contributed by atoms with E-state index >= 15 is 0 Å². The van der Waals surface area contributed by atoms with Crippen LogP contribution >= 0.6 is 24.0 Å². The van der Waals surface area contributed by atoms with Gasteiger partial charge in [-0.2, -0.15) is 0 Å². The highest BCUT2D eigenvalue weighted by atomic mass is 127. The van der Waals surface area contributed by atoms with Crippen LogP contribution in [-0.2, 0) is 11.3 Å². The van der Waals surface area contributed by atoms with Gasteiger partial charge < -0.3 is 15.5 Å². The van der Waals surface area contributed by atoms with Gasteiger partial charge in [0.05, 0.1) is 6.54 Å². The van der Waals surface area contributed by atoms with E-state index in [1.54, 1.807) is 0 Å². The molecule has 1 saturated carbocycles. The SMILES string of the molecule is CCCCN(C)C(=NCc1cccc(NC(=O)C2CCC2)c1)NCC.I. The molecule has 1 aromatic carbocycles. The van der Waals surface area contributed by atoms with Crippen LogP contribution in [0.3, 0.4) is 0 Å². The van der Waals surface area contributed by atoms with Gasteiger partial charge in [-0.25, -0.2) is 4.99 Å². The Morgan fingerprint density at radius 1 is 1.31 bits per heavy atom. The molecule has 1 amide bonds. The number of carbonyl (C=O) groups is 1. The molecule has 1 aliphatic carbocycles. The molecule has 1 aliphatic rings. The summed E-state index contributed by atoms with van der Waals surface area (Å²) in [4.78, 5) is 19.0. The highest BCUT2D eigenvalue weighted by molar-refractivity contribution is 14.0. The third-order valence-electron chi connectivity index (χ3n) is 4.63. The normalized spacial score (nSPS) is 14.2. The lowest BCUT2D eigenvalue weighted by Gasteiger charge is -2.24. The molecular formula is C20H33IN4O. The summed E-state index contributed by atoms with van der Waals surface area (Å²) < 4.78 is 0. The summed E-state index contributed by atoms with van der Waals surface area (Å²) in [6, 6.07) is 8.01. The van der Waals surface area contributed by atoms with Crippen LogP contribution < -0.4 is 10.6 Å². The number of halogens is 1. The van der Waals surface area contributed by atoms with Crippen LogP contribution in [0.5, 0.6) is 0 Å². The number of aliphatic imine (C=N–C) groups is 1. The first-order valence-corrected chi connectivity index (χ1v) is 9.53. The molecule has 0 spiro atoms. The van der Waals surface area contributed by atoms with Crippen molar-refractivity contribution in [3.8, 4) is 0 Å². The van der Waals surface area contributed by atoms with Gasteiger partial charge in [-0.3, -0.25) is 4.79 Å². The van der Waals surface area contributed by atoms with Crippen LogP contribution in [-0.4, -0.2) is 36.9 Å². The lowest BCUT2D eigenvalue weighted by Crippen LogP contribution is -2.39. The van der Waals surface area contributed by atoms with Crippen molar-refractivity contribution in [1.29, 1.82) is 0 Å². The summed E-state index contributed by atoms with van der Waals surface area (Å²) in [7, 11) is 2.08. The summed E-state index contributed by atoms with van der Waals surface area (Å²) >= 11 is 0. The molecule has 0 saturated heterocycles. The van der Waals surface area contributed by atoms with Gasteiger partial charge in [0.2, 0.25) is 5.91 Å². The maximum absolute atomic E-state index is 12.1. The van der Waals surface area contributed by atoms with Gasteiger partial charge in [0.1, 0.15) is 0 Å². The minimum atomic E-state index is 0. The summed E-state index contributed by atoms with van der Waals surface area (Å²) in [6.45, 7) is 6.74. The van der Waals surface area contributed by atoms with Gasteiger partial charge in [0, 0.05) is 31.7 Å². The smallest absolute Gasteiger partial charge is 0.227 e. The van der Waals surface area contributed by atoms with E-state index in [0.717, 1.165) is 49.6 Å². The maximum Gasteiger partial charge on any atom is 0.227 e. The second-order valence-electron chi connectivity index (χ2n) is 6.76. The fourth-order valence-corrected chi connectivity index (χ4v) is 2.80. The molecule has 146 valence electrons. The summed E-state index contributed by atoms with van der Waals surface area (Å²) in [6.07, 6.45) is 5.54. The Hall–Kier alpha value is -1.31. The standard InChI is InChI=1S/C20H32N4O.HI/c1-4-6-13-24(3)20(21-5-2)22-15-16-9-7-12-18(14-16)23-19(25)17-10-8-11-17;/h7,9,12,14,17H,4-6,8,10-11,13,15H2,1-3H3,(H,21,22)(H,23,25);1H. The third-order valence-corrected chi connectivity index (χ3v) is 4.63. The van der Waals surface area contributed by atoms with E-state index in [9.17, 15) is 4.79 Å². The number of rotatable bonds is 8. The number of carbonyl (C=O) groups excluding carboxylic acids is 1. The topological polar surface area (TPSA) is 56.7 Å². The lowest BCUT2D eigenvalue weighted by atomic mass is 9.85. The van der Waals surface area contributed by atoms with Gasteiger partial charge in [-0.15, -0.1) is 24.0 Å². The minimum absolute atomic E-state index is 0. The van der Waals surface area contributed by atoms with Crippen molar-refractivity contribution in [3.05, 3.63) is 29.8 Å². The van der Waals surface area contributed by atoms with Gasteiger partial charge >= 0.3 is 0 Å². The zero-order valence-electron chi connectivity index (χ0n) is 16.3. The van der Waals surface area contributed by atoms with E-state index in [2.05, 4.69) is 42.5 Å². The summed E-state index contributed by atoms with van der Waals surface area (Å²) in [5.74, 6) is 1.29. The number of anilines is 1. The number of hydrogen-bond donors (Lipinski definition) is 2. The van der Waals surface area contributed by atoms with Crippen molar-refractivity contribution in [2.75, 3.05) is 25.5 Å². The van der Waals surface area contributed by atoms with Crippen LogP contribution in [0.15, 0.2) is 29.3 Å². The zero-order chi connectivity index (χ0) is 18.1. The van der Waals surface area contributed by atoms with Crippen LogP contribution in [0.1, 0.15) is 51.5 Å². The molecule has 0 aliphatic heterocycles. The number of hydrogen-bond acceptors (Lipinski definition) is 2. The monoisotopic (exact) mass is 472 g/mol. The molecule has 0 radical (unpaired) electrons. The second-order valence-corrected chi connectivity index (χ2v) is 6.76. The molecule has 0 bridgehead atoms. The predicted octanol–water partition coefficient (Wildman–Crippen LogP) is 4.24. The first-order valence-electron chi connectivity index (χ1n) is 9.53. The summed E-state index contributed by atoms with van der Waals surface area (Å²) in [5.41, 5.74) is 1.97. The van der Waals surface area contributed by atoms with Crippen molar-refractivity contribution in [3.63, 3.8) is 0 Å². The molecule has 0 unspecified atom stereocenters.